The van der Waals surface area contributed by atoms with Gasteiger partial charge >= 0.3 is 11.9 Å². The van der Waals surface area contributed by atoms with Gasteiger partial charge in [0.25, 0.3) is 0 Å². The van der Waals surface area contributed by atoms with Crippen LogP contribution in [0.25, 0.3) is 0 Å². The third-order valence-electron chi connectivity index (χ3n) is 7.45. The van der Waals surface area contributed by atoms with Crippen molar-refractivity contribution in [2.45, 2.75) is 71.4 Å². The number of para-hydroxylation sites is 2. The number of nitrogens with one attached hydrogen (secondary N) is 1. The van der Waals surface area contributed by atoms with Crippen molar-refractivity contribution in [1.82, 2.24) is 15.1 Å². The Labute approximate surface area is 259 Å². The maximum atomic E-state index is 12.3. The molecule has 0 bridgehead atoms. The average Bonchev–Trinajstić information content (AvgIpc) is 3.02. The summed E-state index contributed by atoms with van der Waals surface area (Å²) in [5.41, 5.74) is 8.42. The minimum absolute atomic E-state index is 0.424. The Hall–Kier alpha value is -3.14. The molecular weight excluding hydrogens is 544 g/mol. The van der Waals surface area contributed by atoms with E-state index in [-0.39, 0.29) is 0 Å². The van der Waals surface area contributed by atoms with Crippen LogP contribution in [0.15, 0.2) is 48.5 Å². The molecule has 1 unspecified atom stereocenters. The molecule has 240 valence electrons. The van der Waals surface area contributed by atoms with Gasteiger partial charge in [0.1, 0.15) is 11.5 Å². The first kappa shape index (κ1) is 36.1. The number of unbranched alkanes of at least 4 members (excludes halogenated alkanes) is 1. The van der Waals surface area contributed by atoms with E-state index in [0.717, 1.165) is 95.7 Å². The monoisotopic (exact) mass is 598 g/mol. The summed E-state index contributed by atoms with van der Waals surface area (Å²) in [6, 6.07) is 16.2. The second-order valence-electron chi connectivity index (χ2n) is 10.9. The van der Waals surface area contributed by atoms with Gasteiger partial charge in [-0.1, -0.05) is 50.2 Å². The first-order valence-corrected chi connectivity index (χ1v) is 15.8. The lowest BCUT2D eigenvalue weighted by atomic mass is 10.1. The highest BCUT2D eigenvalue weighted by Gasteiger charge is 2.19. The minimum Gasteiger partial charge on any atom is -0.496 e. The molecule has 1 amide bonds. The fourth-order valence-electron chi connectivity index (χ4n) is 5.18. The highest BCUT2D eigenvalue weighted by molar-refractivity contribution is 6.32. The number of ether oxygens (including phenoxy) is 3. The Morgan fingerprint density at radius 2 is 1.26 bits per heavy atom. The molecule has 0 heterocycles. The SMILES string of the molecule is CCCN(CCCCNC(=O)C(=O)OC(N)CCCN(CCC)CCc1ccccc1OC)CCc1ccccc1OC. The van der Waals surface area contributed by atoms with Gasteiger partial charge in [-0.3, -0.25) is 10.5 Å². The van der Waals surface area contributed by atoms with Crippen molar-refractivity contribution >= 4 is 11.9 Å². The van der Waals surface area contributed by atoms with Gasteiger partial charge in [-0.15, -0.1) is 0 Å². The highest BCUT2D eigenvalue weighted by Crippen LogP contribution is 2.19. The molecule has 0 fully saturated rings. The average molecular weight is 599 g/mol. The molecule has 0 saturated carbocycles. The van der Waals surface area contributed by atoms with E-state index in [1.807, 2.05) is 36.4 Å². The zero-order valence-electron chi connectivity index (χ0n) is 26.8. The molecule has 0 spiro atoms. The maximum absolute atomic E-state index is 12.3. The number of nitrogens with zero attached hydrogens (tertiary/aromatic N) is 2. The first-order valence-electron chi connectivity index (χ1n) is 15.8. The summed E-state index contributed by atoms with van der Waals surface area (Å²) in [6.07, 6.45) is 6.11. The zero-order chi connectivity index (χ0) is 31.3. The summed E-state index contributed by atoms with van der Waals surface area (Å²) in [4.78, 5) is 29.3. The molecule has 1 atom stereocenters. The molecule has 0 aliphatic heterocycles. The fraction of sp³-hybridized carbons (Fsp3) is 0.588. The van der Waals surface area contributed by atoms with Gasteiger partial charge in [0.15, 0.2) is 6.23 Å². The summed E-state index contributed by atoms with van der Waals surface area (Å²) in [5, 5.41) is 2.68. The van der Waals surface area contributed by atoms with Crippen LogP contribution in [0, 0.1) is 0 Å². The van der Waals surface area contributed by atoms with Crippen LogP contribution in [0.5, 0.6) is 11.5 Å². The second kappa shape index (κ2) is 21.5. The zero-order valence-corrected chi connectivity index (χ0v) is 26.8. The molecule has 0 aliphatic rings. The molecule has 2 rings (SSSR count). The van der Waals surface area contributed by atoms with E-state index in [1.165, 1.54) is 11.1 Å². The number of rotatable bonds is 22. The number of carbonyl (C=O) groups excluding carboxylic acids is 2. The number of amides is 1. The van der Waals surface area contributed by atoms with E-state index in [9.17, 15) is 9.59 Å². The van der Waals surface area contributed by atoms with Crippen molar-refractivity contribution in [1.29, 1.82) is 0 Å². The van der Waals surface area contributed by atoms with Crippen LogP contribution in [-0.2, 0) is 27.2 Å². The summed E-state index contributed by atoms with van der Waals surface area (Å²) in [5.74, 6) is 0.178. The standard InChI is InChI=1S/C34H54N4O5/c1-5-22-37(26-19-28-14-7-9-16-30(28)41-3)24-12-11-21-36-33(39)34(40)43-32(35)18-13-25-38(23-6-2)27-20-29-15-8-10-17-31(29)42-4/h7-10,14-17,32H,5-6,11-13,18-27,35H2,1-4H3,(H,36,39). The first-order chi connectivity index (χ1) is 20.9. The summed E-state index contributed by atoms with van der Waals surface area (Å²) in [7, 11) is 3.40. The van der Waals surface area contributed by atoms with Crippen LogP contribution >= 0.6 is 0 Å². The Kier molecular flexibility index (Phi) is 18.1. The van der Waals surface area contributed by atoms with Gasteiger partial charge in [-0.2, -0.15) is 0 Å². The number of nitrogens with two attached hydrogens (primary N) is 1. The molecule has 0 saturated heterocycles. The largest absolute Gasteiger partial charge is 0.496 e. The quantitative estimate of drug-likeness (QED) is 0.0889. The van der Waals surface area contributed by atoms with E-state index in [0.29, 0.717) is 13.0 Å². The lowest BCUT2D eigenvalue weighted by Crippen LogP contribution is -2.38. The Balaban J connectivity index is 1.62. The van der Waals surface area contributed by atoms with Crippen molar-refractivity contribution in [3.8, 4) is 11.5 Å². The molecule has 2 aromatic rings. The van der Waals surface area contributed by atoms with E-state index < -0.39 is 18.1 Å². The number of hydrogen-bond acceptors (Lipinski definition) is 8. The third-order valence-corrected chi connectivity index (χ3v) is 7.45. The fourth-order valence-corrected chi connectivity index (χ4v) is 5.18. The molecule has 2 aromatic carbocycles. The molecule has 43 heavy (non-hydrogen) atoms. The van der Waals surface area contributed by atoms with E-state index in [4.69, 9.17) is 19.9 Å². The molecular formula is C34H54N4O5. The van der Waals surface area contributed by atoms with Crippen LogP contribution in [0.3, 0.4) is 0 Å². The number of carbonyl (C=O) groups is 2. The van der Waals surface area contributed by atoms with Gasteiger partial charge in [0.2, 0.25) is 0 Å². The van der Waals surface area contributed by atoms with Gasteiger partial charge in [0, 0.05) is 19.6 Å². The number of methoxy groups -OCH3 is 2. The lowest BCUT2D eigenvalue weighted by molar-refractivity contribution is -0.159. The minimum atomic E-state index is -0.918. The molecule has 9 nitrogen and oxygen atoms in total. The summed E-state index contributed by atoms with van der Waals surface area (Å²) in [6.45, 7) is 10.4. The van der Waals surface area contributed by atoms with E-state index in [2.05, 4.69) is 41.1 Å². The van der Waals surface area contributed by atoms with Crippen LogP contribution in [0.1, 0.15) is 63.5 Å². The molecule has 0 aromatic heterocycles. The Morgan fingerprint density at radius 1 is 0.744 bits per heavy atom. The highest BCUT2D eigenvalue weighted by atomic mass is 16.6. The number of benzene rings is 2. The van der Waals surface area contributed by atoms with Crippen LogP contribution < -0.4 is 20.5 Å². The predicted octanol–water partition coefficient (Wildman–Crippen LogP) is 4.42. The Morgan fingerprint density at radius 3 is 1.77 bits per heavy atom. The summed E-state index contributed by atoms with van der Waals surface area (Å²) < 4.78 is 16.1. The molecule has 0 aliphatic carbocycles. The van der Waals surface area contributed by atoms with E-state index >= 15 is 0 Å². The maximum Gasteiger partial charge on any atom is 0.398 e. The van der Waals surface area contributed by atoms with Gasteiger partial charge in [-0.05, 0) is 101 Å². The van der Waals surface area contributed by atoms with Crippen molar-refractivity contribution in [2.75, 3.05) is 60.0 Å². The molecule has 9 heteroatoms. The predicted molar refractivity (Wildman–Crippen MR) is 172 cm³/mol. The third kappa shape index (κ3) is 14.3. The van der Waals surface area contributed by atoms with Gasteiger partial charge in [0.05, 0.1) is 14.2 Å². The van der Waals surface area contributed by atoms with Gasteiger partial charge < -0.3 is 29.3 Å². The molecule has 3 N–H and O–H groups in total. The summed E-state index contributed by atoms with van der Waals surface area (Å²) >= 11 is 0. The van der Waals surface area contributed by atoms with E-state index in [1.54, 1.807) is 14.2 Å². The van der Waals surface area contributed by atoms with Crippen molar-refractivity contribution in [2.24, 2.45) is 5.73 Å². The van der Waals surface area contributed by atoms with Crippen molar-refractivity contribution in [3.05, 3.63) is 59.7 Å². The normalized spacial score (nSPS) is 11.9. The van der Waals surface area contributed by atoms with Crippen LogP contribution in [0.4, 0.5) is 0 Å². The van der Waals surface area contributed by atoms with Crippen molar-refractivity contribution < 1.29 is 23.8 Å². The van der Waals surface area contributed by atoms with Crippen molar-refractivity contribution in [3.63, 3.8) is 0 Å². The number of esters is 1. The number of hydrogen-bond donors (Lipinski definition) is 2. The Bertz CT molecular complexity index is 1070. The van der Waals surface area contributed by atoms with Gasteiger partial charge in [-0.25, -0.2) is 4.79 Å². The molecule has 0 radical (unpaired) electrons. The lowest BCUT2D eigenvalue weighted by Gasteiger charge is -2.23. The smallest absolute Gasteiger partial charge is 0.398 e. The topological polar surface area (TPSA) is 106 Å². The van der Waals surface area contributed by atoms with Crippen LogP contribution in [0.2, 0.25) is 0 Å². The van der Waals surface area contributed by atoms with Crippen LogP contribution in [-0.4, -0.2) is 87.9 Å². The second-order valence-corrected chi connectivity index (χ2v) is 10.9.